The van der Waals surface area contributed by atoms with Crippen LogP contribution in [0.1, 0.15) is 42.4 Å². The van der Waals surface area contributed by atoms with Crippen LogP contribution >= 0.6 is 22.9 Å². The van der Waals surface area contributed by atoms with E-state index in [-0.39, 0.29) is 37.0 Å². The summed E-state index contributed by atoms with van der Waals surface area (Å²) in [4.78, 5) is 63.2. The first-order chi connectivity index (χ1) is 31.9. The zero-order chi connectivity index (χ0) is 45.6. The summed E-state index contributed by atoms with van der Waals surface area (Å²) in [5.74, 6) is -4.60. The summed E-state index contributed by atoms with van der Waals surface area (Å²) >= 11 is 7.93. The molecule has 2 aromatic heterocycles. The molecule has 3 fully saturated rings. The molecule has 11 rings (SSSR count). The molecule has 7 aromatic rings. The Bertz CT molecular complexity index is 3170. The molecule has 2 saturated heterocycles. The van der Waals surface area contributed by atoms with Crippen LogP contribution in [0, 0.1) is 36.0 Å². The van der Waals surface area contributed by atoms with Crippen molar-refractivity contribution in [2.75, 3.05) is 15.1 Å². The number of benzene rings is 5. The van der Waals surface area contributed by atoms with Gasteiger partial charge in [-0.25, -0.2) is 4.90 Å². The predicted octanol–water partition coefficient (Wildman–Crippen LogP) is 10.7. The number of para-hydroxylation sites is 1. The van der Waals surface area contributed by atoms with Crippen molar-refractivity contribution in [1.29, 1.82) is 0 Å². The largest absolute Gasteiger partial charge is 0.508 e. The number of anilines is 4. The number of carbonyl (C=O) groups excluding carboxylic acids is 4. The highest BCUT2D eigenvalue weighted by Gasteiger charge is 2.68. The fourth-order valence-corrected chi connectivity index (χ4v) is 12.3. The van der Waals surface area contributed by atoms with Gasteiger partial charge >= 0.3 is 0 Å². The quantitative estimate of drug-likeness (QED) is 0.108. The third-order valence-electron chi connectivity index (χ3n) is 14.2. The van der Waals surface area contributed by atoms with Crippen molar-refractivity contribution in [1.82, 2.24) is 9.78 Å². The van der Waals surface area contributed by atoms with E-state index < -0.39 is 46.8 Å². The fourth-order valence-electron chi connectivity index (χ4n) is 11.0. The molecule has 4 heterocycles. The summed E-state index contributed by atoms with van der Waals surface area (Å²) in [6.45, 7) is 4.09. The predicted molar refractivity (Wildman–Crippen MR) is 256 cm³/mol. The molecule has 13 heteroatoms. The topological polar surface area (TPSA) is 134 Å². The van der Waals surface area contributed by atoms with Crippen molar-refractivity contribution >= 4 is 79.5 Å². The number of phenols is 1. The van der Waals surface area contributed by atoms with Crippen molar-refractivity contribution in [2.45, 2.75) is 39.2 Å². The van der Waals surface area contributed by atoms with Crippen molar-refractivity contribution in [2.24, 2.45) is 36.1 Å². The second-order valence-electron chi connectivity index (χ2n) is 17.9. The number of hydrogen-bond donors (Lipinski definition) is 2. The Labute approximate surface area is 389 Å². The second kappa shape index (κ2) is 15.9. The summed E-state index contributed by atoms with van der Waals surface area (Å²) in [7, 11) is 1.72. The minimum atomic E-state index is -1.39. The van der Waals surface area contributed by atoms with Crippen LogP contribution in [0.2, 0.25) is 5.02 Å². The fraction of sp³-hybridized carbons (Fsp3) is 0.226. The van der Waals surface area contributed by atoms with Crippen LogP contribution in [-0.4, -0.2) is 38.5 Å². The van der Waals surface area contributed by atoms with Gasteiger partial charge in [-0.05, 0) is 110 Å². The first-order valence-corrected chi connectivity index (χ1v) is 23.2. The van der Waals surface area contributed by atoms with Gasteiger partial charge in [-0.1, -0.05) is 77.8 Å². The lowest BCUT2D eigenvalue weighted by atomic mass is 9.51. The molecule has 66 heavy (non-hydrogen) atoms. The summed E-state index contributed by atoms with van der Waals surface area (Å²) in [5, 5.41) is 21.8. The lowest BCUT2D eigenvalue weighted by Gasteiger charge is -2.49. The first kappa shape index (κ1) is 41.7. The molecule has 11 nitrogen and oxygen atoms in total. The van der Waals surface area contributed by atoms with Crippen LogP contribution in [0.3, 0.4) is 0 Å². The number of hydrogen-bond acceptors (Lipinski definition) is 9. The Balaban J connectivity index is 0.967. The van der Waals surface area contributed by atoms with E-state index in [9.17, 15) is 14.7 Å². The van der Waals surface area contributed by atoms with Crippen LogP contribution in [0.15, 0.2) is 139 Å². The highest BCUT2D eigenvalue weighted by atomic mass is 35.5. The van der Waals surface area contributed by atoms with Gasteiger partial charge in [0.05, 0.1) is 33.7 Å². The van der Waals surface area contributed by atoms with Gasteiger partial charge in [0.1, 0.15) is 29.6 Å². The molecule has 6 unspecified atom stereocenters. The molecule has 330 valence electrons. The number of aromatic hydroxyl groups is 1. The van der Waals surface area contributed by atoms with Crippen LogP contribution in [-0.2, 0) is 32.8 Å². The van der Waals surface area contributed by atoms with Gasteiger partial charge in [0.2, 0.25) is 23.6 Å². The van der Waals surface area contributed by atoms with Crippen molar-refractivity contribution < 1.29 is 29.0 Å². The lowest BCUT2D eigenvalue weighted by Crippen LogP contribution is -2.49. The maximum Gasteiger partial charge on any atom is 0.242 e. The molecule has 4 aliphatic rings. The van der Waals surface area contributed by atoms with E-state index in [0.29, 0.717) is 33.5 Å². The monoisotopic (exact) mass is 913 g/mol. The van der Waals surface area contributed by atoms with Gasteiger partial charge in [-0.2, -0.15) is 5.10 Å². The maximum atomic E-state index is 15.4. The van der Waals surface area contributed by atoms with Gasteiger partial charge in [-0.3, -0.25) is 28.8 Å². The van der Waals surface area contributed by atoms with Crippen molar-refractivity contribution in [3.05, 3.63) is 161 Å². The molecule has 0 radical (unpaired) electrons. The van der Waals surface area contributed by atoms with E-state index in [2.05, 4.69) is 5.32 Å². The van der Waals surface area contributed by atoms with Gasteiger partial charge in [-0.15, -0.1) is 11.3 Å². The third kappa shape index (κ3) is 6.56. The number of phenolic OH excluding ortho intramolecular Hbond substituents is 1. The molecular weight excluding hydrogens is 870 g/mol. The average molecular weight is 914 g/mol. The Morgan fingerprint density at radius 2 is 1.56 bits per heavy atom. The Kier molecular flexibility index (Phi) is 10.0. The number of fused-ring (bicyclic) bond motifs is 5. The molecular formula is C53H44ClN5O6S. The second-order valence-corrected chi connectivity index (χ2v) is 19.4. The van der Waals surface area contributed by atoms with Crippen LogP contribution < -0.4 is 19.9 Å². The third-order valence-corrected chi connectivity index (χ3v) is 15.8. The highest BCUT2D eigenvalue weighted by Crippen LogP contribution is 2.64. The van der Waals surface area contributed by atoms with E-state index in [4.69, 9.17) is 21.4 Å². The highest BCUT2D eigenvalue weighted by molar-refractivity contribution is 7.22. The standard InChI is InChI=1S/C53H44ClN5O6S/c1-29-39-24-31(54)14-23-44(39)66-48(29)42-27-45(57(3)56-42)59-50(62)41-26-40-36(47(53(41,2)52(59)64)37-20-19-35(25-43(37)60)65-28-30-10-6-4-7-11-30)21-22-38-46(40)51(63)58(49(38)61)34-17-15-33(16-18-34)55-32-12-8-5-9-13-32/h4-21,23-25,27,38,40-41,46-47,55,60H,22,26,28H2,1-3H3. The van der Waals surface area contributed by atoms with Crippen LogP contribution in [0.25, 0.3) is 20.7 Å². The number of aryl methyl sites for hydroxylation is 2. The molecule has 5 aromatic carbocycles. The van der Waals surface area contributed by atoms with E-state index in [1.54, 1.807) is 66.4 Å². The Morgan fingerprint density at radius 3 is 2.30 bits per heavy atom. The summed E-state index contributed by atoms with van der Waals surface area (Å²) < 4.78 is 8.70. The van der Waals surface area contributed by atoms with Crippen molar-refractivity contribution in [3.63, 3.8) is 0 Å². The van der Waals surface area contributed by atoms with Crippen LogP contribution in [0.4, 0.5) is 22.9 Å². The molecule has 1 saturated carbocycles. The Morgan fingerprint density at radius 1 is 0.833 bits per heavy atom. The van der Waals surface area contributed by atoms with Crippen LogP contribution in [0.5, 0.6) is 11.5 Å². The molecule has 0 spiro atoms. The lowest BCUT2D eigenvalue weighted by molar-refractivity contribution is -0.131. The smallest absolute Gasteiger partial charge is 0.242 e. The van der Waals surface area contributed by atoms with Gasteiger partial charge in [0, 0.05) is 51.8 Å². The Hall–Kier alpha value is -7.02. The number of imide groups is 2. The number of allylic oxidation sites excluding steroid dienone is 2. The summed E-state index contributed by atoms with van der Waals surface area (Å²) in [5.41, 5.74) is 4.54. The number of halogens is 1. The molecule has 4 amide bonds. The number of nitrogens with one attached hydrogen (secondary N) is 1. The van der Waals surface area contributed by atoms with E-state index in [1.807, 2.05) is 104 Å². The minimum absolute atomic E-state index is 0.101. The number of thiophene rings is 1. The summed E-state index contributed by atoms with van der Waals surface area (Å²) in [6, 6.07) is 39.2. The van der Waals surface area contributed by atoms with E-state index in [1.165, 1.54) is 9.80 Å². The average Bonchev–Trinajstić information content (AvgIpc) is 3.99. The van der Waals surface area contributed by atoms with Gasteiger partial charge in [0.15, 0.2) is 0 Å². The minimum Gasteiger partial charge on any atom is -0.508 e. The zero-order valence-corrected chi connectivity index (χ0v) is 37.8. The number of amides is 4. The van der Waals surface area contributed by atoms with Crippen molar-refractivity contribution in [3.8, 4) is 22.1 Å². The molecule has 6 atom stereocenters. The SMILES string of the molecule is Cc1c(-c2cc(N3C(=O)C4CC5C(=CCC6C(=O)N(c7ccc(Nc8ccccc8)cc7)C(=O)C65)C(c5ccc(OCc6ccccc6)cc5O)C4(C)C3=O)n(C)n2)sc2ccc(Cl)cc12. The number of rotatable bonds is 9. The number of nitrogens with zero attached hydrogens (tertiary/aromatic N) is 4. The number of carbonyl (C=O) groups is 4. The zero-order valence-electron chi connectivity index (χ0n) is 36.3. The maximum absolute atomic E-state index is 15.4. The first-order valence-electron chi connectivity index (χ1n) is 22.0. The molecule has 2 N–H and O–H groups in total. The molecule has 2 aliphatic heterocycles. The van der Waals surface area contributed by atoms with E-state index >= 15 is 9.59 Å². The van der Waals surface area contributed by atoms with E-state index in [0.717, 1.165) is 43.0 Å². The number of aromatic nitrogens is 2. The molecule has 2 aliphatic carbocycles. The normalized spacial score (nSPS) is 23.5. The van der Waals surface area contributed by atoms with Gasteiger partial charge in [0.25, 0.3) is 0 Å². The van der Waals surface area contributed by atoms with Gasteiger partial charge < -0.3 is 15.2 Å². The number of ether oxygens (including phenoxy) is 1. The molecule has 0 bridgehead atoms. The summed E-state index contributed by atoms with van der Waals surface area (Å²) in [6.07, 6.45) is 2.41.